The van der Waals surface area contributed by atoms with Gasteiger partial charge in [0.2, 0.25) is 5.82 Å². The molecule has 1 aliphatic carbocycles. The lowest BCUT2D eigenvalue weighted by Crippen LogP contribution is -1.99. The molecule has 20 heavy (non-hydrogen) atoms. The maximum absolute atomic E-state index is 6.17. The third kappa shape index (κ3) is 1.87. The van der Waals surface area contributed by atoms with Gasteiger partial charge in [-0.25, -0.2) is 0 Å². The van der Waals surface area contributed by atoms with E-state index in [2.05, 4.69) is 10.1 Å². The molecule has 0 aliphatic heterocycles. The second kappa shape index (κ2) is 4.71. The fraction of sp³-hybridized carbons (Fsp3) is 0.286. The van der Waals surface area contributed by atoms with Crippen molar-refractivity contribution in [1.29, 1.82) is 0 Å². The van der Waals surface area contributed by atoms with E-state index in [0.717, 1.165) is 28.3 Å². The van der Waals surface area contributed by atoms with E-state index in [1.54, 1.807) is 22.7 Å². The molecule has 0 spiro atoms. The number of nitrogens with two attached hydrogens (primary N) is 1. The molecule has 0 aromatic carbocycles. The molecule has 4 rings (SSSR count). The van der Waals surface area contributed by atoms with Crippen LogP contribution in [0.4, 0.5) is 5.00 Å². The lowest BCUT2D eigenvalue weighted by molar-refractivity contribution is 0.432. The summed E-state index contributed by atoms with van der Waals surface area (Å²) in [6.45, 7) is 0. The Morgan fingerprint density at radius 3 is 3.00 bits per heavy atom. The van der Waals surface area contributed by atoms with Crippen molar-refractivity contribution in [3.8, 4) is 22.2 Å². The fourth-order valence-electron chi connectivity index (χ4n) is 2.65. The highest BCUT2D eigenvalue weighted by Crippen LogP contribution is 2.42. The van der Waals surface area contributed by atoms with Crippen LogP contribution in [0.1, 0.15) is 23.3 Å². The second-order valence-electron chi connectivity index (χ2n) is 4.85. The van der Waals surface area contributed by atoms with Gasteiger partial charge in [0.15, 0.2) is 0 Å². The number of aryl methyl sites for hydroxylation is 1. The zero-order valence-corrected chi connectivity index (χ0v) is 12.4. The van der Waals surface area contributed by atoms with Crippen molar-refractivity contribution >= 4 is 27.7 Å². The summed E-state index contributed by atoms with van der Waals surface area (Å²) in [5.41, 5.74) is 8.47. The zero-order chi connectivity index (χ0) is 13.5. The lowest BCUT2D eigenvalue weighted by atomic mass is 9.95. The zero-order valence-electron chi connectivity index (χ0n) is 10.8. The Hall–Kier alpha value is -1.66. The number of nitrogens with zero attached hydrogens (tertiary/aromatic N) is 2. The summed E-state index contributed by atoms with van der Waals surface area (Å²) in [6, 6.07) is 3.97. The van der Waals surface area contributed by atoms with Crippen molar-refractivity contribution in [3.63, 3.8) is 0 Å². The first kappa shape index (κ1) is 12.1. The minimum absolute atomic E-state index is 0.560. The largest absolute Gasteiger partial charge is 0.390 e. The van der Waals surface area contributed by atoms with Gasteiger partial charge in [0, 0.05) is 4.88 Å². The molecule has 3 heterocycles. The second-order valence-corrected chi connectivity index (χ2v) is 6.94. The van der Waals surface area contributed by atoms with Crippen LogP contribution in [-0.2, 0) is 12.8 Å². The van der Waals surface area contributed by atoms with E-state index >= 15 is 0 Å². The van der Waals surface area contributed by atoms with Gasteiger partial charge < -0.3 is 10.3 Å². The molecule has 0 atom stereocenters. The van der Waals surface area contributed by atoms with Gasteiger partial charge in [0.25, 0.3) is 5.89 Å². The summed E-state index contributed by atoms with van der Waals surface area (Å²) in [5.74, 6) is 1.20. The quantitative estimate of drug-likeness (QED) is 0.777. The van der Waals surface area contributed by atoms with Crippen LogP contribution in [-0.4, -0.2) is 10.1 Å². The van der Waals surface area contributed by atoms with Crippen LogP contribution in [0.25, 0.3) is 22.2 Å². The first-order valence-electron chi connectivity index (χ1n) is 6.61. The van der Waals surface area contributed by atoms with Crippen molar-refractivity contribution in [2.75, 3.05) is 5.73 Å². The highest BCUT2D eigenvalue weighted by molar-refractivity contribution is 7.16. The predicted molar refractivity (Wildman–Crippen MR) is 82.0 cm³/mol. The Bertz CT molecular complexity index is 743. The number of fused-ring (bicyclic) bond motifs is 1. The predicted octanol–water partition coefficient (Wildman–Crippen LogP) is 3.99. The maximum atomic E-state index is 6.17. The first-order valence-corrected chi connectivity index (χ1v) is 8.30. The number of nitrogen functional groups attached to an aromatic ring is 1. The van der Waals surface area contributed by atoms with Gasteiger partial charge in [-0.15, -0.1) is 22.7 Å². The Labute approximate surface area is 124 Å². The molecule has 1 aliphatic rings. The van der Waals surface area contributed by atoms with Crippen LogP contribution in [0.5, 0.6) is 0 Å². The normalized spacial score (nSPS) is 14.4. The highest BCUT2D eigenvalue weighted by Gasteiger charge is 2.24. The summed E-state index contributed by atoms with van der Waals surface area (Å²) < 4.78 is 5.45. The average molecular weight is 303 g/mol. The van der Waals surface area contributed by atoms with Gasteiger partial charge in [-0.1, -0.05) is 11.2 Å². The molecule has 0 amide bonds. The summed E-state index contributed by atoms with van der Waals surface area (Å²) in [4.78, 5) is 6.93. The lowest BCUT2D eigenvalue weighted by Gasteiger charge is -2.10. The van der Waals surface area contributed by atoms with E-state index in [0.29, 0.717) is 11.7 Å². The van der Waals surface area contributed by atoms with Crippen molar-refractivity contribution in [2.24, 2.45) is 0 Å². The van der Waals surface area contributed by atoms with E-state index < -0.39 is 0 Å². The molecule has 0 radical (unpaired) electrons. The summed E-state index contributed by atoms with van der Waals surface area (Å²) in [5, 5.41) is 6.89. The topological polar surface area (TPSA) is 64.9 Å². The minimum atomic E-state index is 0.560. The molecule has 0 unspecified atom stereocenters. The Morgan fingerprint density at radius 1 is 1.25 bits per heavy atom. The van der Waals surface area contributed by atoms with Gasteiger partial charge >= 0.3 is 0 Å². The van der Waals surface area contributed by atoms with Gasteiger partial charge in [0.1, 0.15) is 0 Å². The maximum Gasteiger partial charge on any atom is 0.261 e. The van der Waals surface area contributed by atoms with Crippen molar-refractivity contribution in [1.82, 2.24) is 10.1 Å². The Balaban J connectivity index is 1.80. The number of thiophene rings is 2. The molecule has 2 N–H and O–H groups in total. The third-order valence-electron chi connectivity index (χ3n) is 3.58. The number of hydrogen-bond acceptors (Lipinski definition) is 6. The molecular weight excluding hydrogens is 290 g/mol. The van der Waals surface area contributed by atoms with Crippen molar-refractivity contribution in [3.05, 3.63) is 28.0 Å². The summed E-state index contributed by atoms with van der Waals surface area (Å²) in [6.07, 6.45) is 4.64. The number of aromatic nitrogens is 2. The van der Waals surface area contributed by atoms with Crippen LogP contribution in [0.3, 0.4) is 0 Å². The third-order valence-corrected chi connectivity index (χ3v) is 5.57. The molecule has 0 bridgehead atoms. The van der Waals surface area contributed by atoms with Crippen molar-refractivity contribution < 1.29 is 4.52 Å². The highest BCUT2D eigenvalue weighted by atomic mass is 32.1. The van der Waals surface area contributed by atoms with Crippen LogP contribution in [0.2, 0.25) is 0 Å². The molecule has 3 aromatic heterocycles. The SMILES string of the molecule is Nc1sc2c(c1-c1nc(-c3cccs3)no1)CCCC2. The first-order chi connectivity index (χ1) is 9.83. The standard InChI is InChI=1S/C14H13N3OS2/c15-12-11(8-4-1-2-5-9(8)20-12)14-16-13(17-18-14)10-6-3-7-19-10/h3,6-7H,1-2,4-5,15H2. The van der Waals surface area contributed by atoms with Crippen LogP contribution >= 0.6 is 22.7 Å². The van der Waals surface area contributed by atoms with Gasteiger partial charge in [-0.05, 0) is 42.7 Å². The molecule has 0 saturated carbocycles. The molecule has 102 valence electrons. The Morgan fingerprint density at radius 2 is 2.15 bits per heavy atom. The van der Waals surface area contributed by atoms with Gasteiger partial charge in [-0.3, -0.25) is 0 Å². The molecule has 3 aromatic rings. The monoisotopic (exact) mass is 303 g/mol. The van der Waals surface area contributed by atoms with Crippen LogP contribution < -0.4 is 5.73 Å². The van der Waals surface area contributed by atoms with Crippen molar-refractivity contribution in [2.45, 2.75) is 25.7 Å². The minimum Gasteiger partial charge on any atom is -0.390 e. The summed E-state index contributed by atoms with van der Waals surface area (Å²) in [7, 11) is 0. The molecular formula is C14H13N3OS2. The van der Waals surface area contributed by atoms with E-state index in [1.807, 2.05) is 17.5 Å². The van der Waals surface area contributed by atoms with E-state index in [-0.39, 0.29) is 0 Å². The van der Waals surface area contributed by atoms with Gasteiger partial charge in [0.05, 0.1) is 15.4 Å². The summed E-state index contributed by atoms with van der Waals surface area (Å²) >= 11 is 3.28. The number of hydrogen-bond donors (Lipinski definition) is 1. The number of anilines is 1. The fourth-order valence-corrected chi connectivity index (χ4v) is 4.45. The van der Waals surface area contributed by atoms with Crippen LogP contribution in [0, 0.1) is 0 Å². The molecule has 6 heteroatoms. The Kier molecular flexibility index (Phi) is 2.85. The smallest absolute Gasteiger partial charge is 0.261 e. The molecule has 4 nitrogen and oxygen atoms in total. The van der Waals surface area contributed by atoms with E-state index in [9.17, 15) is 0 Å². The number of rotatable bonds is 2. The molecule has 0 saturated heterocycles. The van der Waals surface area contributed by atoms with Gasteiger partial charge in [-0.2, -0.15) is 4.98 Å². The molecule has 0 fully saturated rings. The van der Waals surface area contributed by atoms with Crippen LogP contribution in [0.15, 0.2) is 22.0 Å². The van der Waals surface area contributed by atoms with E-state index in [4.69, 9.17) is 10.3 Å². The average Bonchev–Trinajstić information content (AvgIpc) is 3.16. The van der Waals surface area contributed by atoms with E-state index in [1.165, 1.54) is 23.3 Å².